The van der Waals surface area contributed by atoms with Crippen molar-refractivity contribution in [3.8, 4) is 0 Å². The lowest BCUT2D eigenvalue weighted by molar-refractivity contribution is 0.283. The number of pyridine rings is 1. The molecule has 0 saturated heterocycles. The summed E-state index contributed by atoms with van der Waals surface area (Å²) in [6, 6.07) is 8.30. The Labute approximate surface area is 114 Å². The fourth-order valence-electron chi connectivity index (χ4n) is 2.07. The van der Waals surface area contributed by atoms with Crippen molar-refractivity contribution in [2.24, 2.45) is 0 Å². The average molecular weight is 256 g/mol. The second-order valence-corrected chi connectivity index (χ2v) is 4.88. The van der Waals surface area contributed by atoms with E-state index in [0.717, 1.165) is 12.3 Å². The molecule has 2 aromatic rings. The van der Waals surface area contributed by atoms with Gasteiger partial charge in [0.1, 0.15) is 5.76 Å². The molecule has 2 rings (SSSR count). The van der Waals surface area contributed by atoms with Crippen LogP contribution in [0.15, 0.2) is 52.9 Å². The molecular formula is C16H20N2O. The van der Waals surface area contributed by atoms with E-state index in [1.54, 1.807) is 12.5 Å². The summed E-state index contributed by atoms with van der Waals surface area (Å²) in [5.74, 6) is 0.903. The van der Waals surface area contributed by atoms with Crippen LogP contribution in [-0.2, 0) is 0 Å². The highest BCUT2D eigenvalue weighted by Gasteiger charge is 2.11. The van der Waals surface area contributed by atoms with Crippen LogP contribution in [0.2, 0.25) is 0 Å². The van der Waals surface area contributed by atoms with Gasteiger partial charge in [-0.05, 0) is 50.7 Å². The molecule has 0 saturated carbocycles. The molecule has 19 heavy (non-hydrogen) atoms. The maximum atomic E-state index is 5.33. The van der Waals surface area contributed by atoms with E-state index in [1.165, 1.54) is 11.1 Å². The molecule has 0 spiro atoms. The van der Waals surface area contributed by atoms with Gasteiger partial charge in [-0.15, -0.1) is 0 Å². The van der Waals surface area contributed by atoms with Gasteiger partial charge in [0.05, 0.1) is 6.26 Å². The van der Waals surface area contributed by atoms with Gasteiger partial charge in [-0.3, -0.25) is 9.88 Å². The number of hydrogen-bond donors (Lipinski definition) is 0. The summed E-state index contributed by atoms with van der Waals surface area (Å²) < 4.78 is 5.33. The molecule has 0 aliphatic heterocycles. The molecule has 0 aromatic carbocycles. The normalized spacial score (nSPS) is 13.8. The van der Waals surface area contributed by atoms with E-state index in [1.807, 2.05) is 24.4 Å². The van der Waals surface area contributed by atoms with Gasteiger partial charge in [0.15, 0.2) is 0 Å². The van der Waals surface area contributed by atoms with Crippen molar-refractivity contribution in [3.05, 3.63) is 59.8 Å². The summed E-state index contributed by atoms with van der Waals surface area (Å²) in [5, 5.41) is 0. The fourth-order valence-corrected chi connectivity index (χ4v) is 2.07. The number of likely N-dealkylation sites (N-methyl/N-ethyl adjacent to an activating group) is 1. The topological polar surface area (TPSA) is 29.3 Å². The first-order valence-electron chi connectivity index (χ1n) is 6.47. The Morgan fingerprint density at radius 3 is 2.89 bits per heavy atom. The highest BCUT2D eigenvalue weighted by Crippen LogP contribution is 2.19. The largest absolute Gasteiger partial charge is 0.465 e. The minimum atomic E-state index is 0.341. The Bertz CT molecular complexity index is 517. The van der Waals surface area contributed by atoms with Crippen LogP contribution in [0.5, 0.6) is 0 Å². The molecule has 0 aliphatic rings. The molecule has 3 nitrogen and oxygen atoms in total. The smallest absolute Gasteiger partial charge is 0.126 e. The second-order valence-electron chi connectivity index (χ2n) is 4.88. The lowest BCUT2D eigenvalue weighted by Crippen LogP contribution is -2.24. The van der Waals surface area contributed by atoms with Crippen LogP contribution in [-0.4, -0.2) is 23.5 Å². The van der Waals surface area contributed by atoms with Crippen LogP contribution in [0.4, 0.5) is 0 Å². The molecule has 0 fully saturated rings. The van der Waals surface area contributed by atoms with E-state index >= 15 is 0 Å². The lowest BCUT2D eigenvalue weighted by atomic mass is 10.1. The van der Waals surface area contributed by atoms with Crippen molar-refractivity contribution in [2.45, 2.75) is 19.9 Å². The van der Waals surface area contributed by atoms with Crippen LogP contribution in [0.25, 0.3) is 6.08 Å². The van der Waals surface area contributed by atoms with Crippen molar-refractivity contribution < 1.29 is 4.42 Å². The maximum Gasteiger partial charge on any atom is 0.126 e. The van der Waals surface area contributed by atoms with Crippen LogP contribution in [0.1, 0.15) is 31.2 Å². The molecule has 0 unspecified atom stereocenters. The molecule has 2 heterocycles. The van der Waals surface area contributed by atoms with Gasteiger partial charge in [-0.1, -0.05) is 11.6 Å². The minimum absolute atomic E-state index is 0.341. The molecule has 3 heteroatoms. The molecule has 0 amide bonds. The summed E-state index contributed by atoms with van der Waals surface area (Å²) in [5.41, 5.74) is 2.50. The van der Waals surface area contributed by atoms with Gasteiger partial charge in [0.25, 0.3) is 0 Å². The van der Waals surface area contributed by atoms with E-state index in [4.69, 9.17) is 4.42 Å². The zero-order valence-electron chi connectivity index (χ0n) is 11.7. The van der Waals surface area contributed by atoms with Gasteiger partial charge < -0.3 is 4.42 Å². The molecule has 0 radical (unpaired) electrons. The monoisotopic (exact) mass is 256 g/mol. The van der Waals surface area contributed by atoms with Crippen LogP contribution in [0.3, 0.4) is 0 Å². The standard InChI is InChI=1S/C16H20N2O/c1-13(10-16-7-5-9-19-16)12-18(3)14(2)15-6-4-8-17-11-15/h4-11,14H,12H2,1-3H3/b13-10+/t14-/m1/s1. The van der Waals surface area contributed by atoms with Gasteiger partial charge in [-0.25, -0.2) is 0 Å². The Kier molecular flexibility index (Phi) is 4.53. The molecule has 100 valence electrons. The van der Waals surface area contributed by atoms with E-state index in [-0.39, 0.29) is 0 Å². The quantitative estimate of drug-likeness (QED) is 0.815. The van der Waals surface area contributed by atoms with Crippen molar-refractivity contribution in [1.29, 1.82) is 0 Å². The fraction of sp³-hybridized carbons (Fsp3) is 0.312. The Hall–Kier alpha value is -1.87. The number of hydrogen-bond acceptors (Lipinski definition) is 3. The van der Waals surface area contributed by atoms with Crippen molar-refractivity contribution in [3.63, 3.8) is 0 Å². The van der Waals surface area contributed by atoms with Crippen molar-refractivity contribution in [1.82, 2.24) is 9.88 Å². The highest BCUT2D eigenvalue weighted by molar-refractivity contribution is 5.46. The maximum absolute atomic E-state index is 5.33. The average Bonchev–Trinajstić information content (AvgIpc) is 2.91. The summed E-state index contributed by atoms with van der Waals surface area (Å²) in [4.78, 5) is 6.47. The molecule has 0 bridgehead atoms. The van der Waals surface area contributed by atoms with Gasteiger partial charge in [0.2, 0.25) is 0 Å². The first-order chi connectivity index (χ1) is 9.16. The number of nitrogens with zero attached hydrogens (tertiary/aromatic N) is 2. The van der Waals surface area contributed by atoms with Crippen molar-refractivity contribution >= 4 is 6.08 Å². The third-order valence-corrected chi connectivity index (χ3v) is 3.26. The molecule has 0 aliphatic carbocycles. The molecular weight excluding hydrogens is 236 g/mol. The molecule has 0 N–H and O–H groups in total. The summed E-state index contributed by atoms with van der Waals surface area (Å²) in [6.07, 6.45) is 7.50. The first-order valence-corrected chi connectivity index (χ1v) is 6.47. The summed E-state index contributed by atoms with van der Waals surface area (Å²) in [7, 11) is 2.12. The van der Waals surface area contributed by atoms with Gasteiger partial charge >= 0.3 is 0 Å². The van der Waals surface area contributed by atoms with Crippen molar-refractivity contribution in [2.75, 3.05) is 13.6 Å². The van der Waals surface area contributed by atoms with Crippen LogP contribution in [0, 0.1) is 0 Å². The Morgan fingerprint density at radius 2 is 2.26 bits per heavy atom. The van der Waals surface area contributed by atoms with E-state index < -0.39 is 0 Å². The van der Waals surface area contributed by atoms with Gasteiger partial charge in [-0.2, -0.15) is 0 Å². The first kappa shape index (κ1) is 13.6. The van der Waals surface area contributed by atoms with E-state index in [2.05, 4.69) is 42.9 Å². The number of furan rings is 1. The minimum Gasteiger partial charge on any atom is -0.465 e. The van der Waals surface area contributed by atoms with Crippen LogP contribution >= 0.6 is 0 Å². The predicted octanol–water partition coefficient (Wildman–Crippen LogP) is 3.77. The third kappa shape index (κ3) is 3.80. The zero-order chi connectivity index (χ0) is 13.7. The highest BCUT2D eigenvalue weighted by atomic mass is 16.3. The van der Waals surface area contributed by atoms with Gasteiger partial charge in [0, 0.05) is 25.0 Å². The third-order valence-electron chi connectivity index (χ3n) is 3.26. The molecule has 1 atom stereocenters. The Balaban J connectivity index is 1.99. The summed E-state index contributed by atoms with van der Waals surface area (Å²) >= 11 is 0. The zero-order valence-corrected chi connectivity index (χ0v) is 11.7. The SMILES string of the molecule is C/C(=C\c1ccco1)CN(C)[C@H](C)c1cccnc1. The molecule has 2 aromatic heterocycles. The van der Waals surface area contributed by atoms with E-state index in [9.17, 15) is 0 Å². The lowest BCUT2D eigenvalue weighted by Gasteiger charge is -2.25. The Morgan fingerprint density at radius 1 is 1.42 bits per heavy atom. The number of aromatic nitrogens is 1. The summed E-state index contributed by atoms with van der Waals surface area (Å²) in [6.45, 7) is 5.21. The van der Waals surface area contributed by atoms with Crippen LogP contribution < -0.4 is 0 Å². The predicted molar refractivity (Wildman–Crippen MR) is 77.6 cm³/mol. The second kappa shape index (κ2) is 6.34. The number of rotatable bonds is 5. The van der Waals surface area contributed by atoms with E-state index in [0.29, 0.717) is 6.04 Å².